The molecule has 0 bridgehead atoms. The maximum atomic E-state index is 12.9. The second-order valence-electron chi connectivity index (χ2n) is 2.24. The molecule has 0 saturated carbocycles. The highest BCUT2D eigenvalue weighted by Gasteiger charge is 2.22. The van der Waals surface area contributed by atoms with Gasteiger partial charge in [-0.05, 0) is 6.07 Å². The van der Waals surface area contributed by atoms with Gasteiger partial charge < -0.3 is 0 Å². The topological polar surface area (TPSA) is 43.1 Å². The average molecular weight is 191 g/mol. The molecule has 0 atom stereocenters. The Balaban J connectivity index is 3.26. The van der Waals surface area contributed by atoms with Crippen LogP contribution in [0.4, 0.5) is 18.9 Å². The van der Waals surface area contributed by atoms with Gasteiger partial charge in [0.1, 0.15) is 0 Å². The van der Waals surface area contributed by atoms with Crippen molar-refractivity contribution in [3.05, 3.63) is 39.7 Å². The van der Waals surface area contributed by atoms with E-state index in [1.54, 1.807) is 0 Å². The van der Waals surface area contributed by atoms with Crippen molar-refractivity contribution < 1.29 is 18.1 Å². The number of hydrogen-bond acceptors (Lipinski definition) is 2. The van der Waals surface area contributed by atoms with Gasteiger partial charge in [-0.3, -0.25) is 10.1 Å². The van der Waals surface area contributed by atoms with Crippen LogP contribution in [0.3, 0.4) is 0 Å². The van der Waals surface area contributed by atoms with Crippen LogP contribution in [-0.4, -0.2) is 4.92 Å². The molecule has 70 valence electrons. The lowest BCUT2D eigenvalue weighted by Gasteiger charge is -2.00. The summed E-state index contributed by atoms with van der Waals surface area (Å²) in [6.45, 7) is 0. The second-order valence-corrected chi connectivity index (χ2v) is 2.24. The quantitative estimate of drug-likeness (QED) is 0.532. The molecule has 1 rings (SSSR count). The van der Waals surface area contributed by atoms with Gasteiger partial charge in [0.15, 0.2) is 0 Å². The van der Waals surface area contributed by atoms with Gasteiger partial charge in [0.2, 0.25) is 5.82 Å². The minimum Gasteiger partial charge on any atom is -0.258 e. The summed E-state index contributed by atoms with van der Waals surface area (Å²) in [7, 11) is 0. The molecule has 1 aromatic rings. The van der Waals surface area contributed by atoms with Gasteiger partial charge in [0.05, 0.1) is 10.5 Å². The Hall–Kier alpha value is -1.59. The zero-order chi connectivity index (χ0) is 10.0. The van der Waals surface area contributed by atoms with Crippen LogP contribution in [0, 0.1) is 15.9 Å². The molecule has 0 amide bonds. The summed E-state index contributed by atoms with van der Waals surface area (Å²) in [6, 6.07) is 2.66. The molecule has 0 N–H and O–H groups in total. The van der Waals surface area contributed by atoms with Crippen molar-refractivity contribution in [1.29, 1.82) is 0 Å². The SMILES string of the molecule is O=[N+]([O-])c1cccc(C(F)F)c1F. The van der Waals surface area contributed by atoms with Crippen molar-refractivity contribution in [3.63, 3.8) is 0 Å². The molecule has 3 nitrogen and oxygen atoms in total. The monoisotopic (exact) mass is 191 g/mol. The van der Waals surface area contributed by atoms with E-state index in [0.29, 0.717) is 0 Å². The van der Waals surface area contributed by atoms with Gasteiger partial charge >= 0.3 is 5.69 Å². The van der Waals surface area contributed by atoms with Crippen LogP contribution in [0.5, 0.6) is 0 Å². The molecule has 0 aliphatic carbocycles. The smallest absolute Gasteiger partial charge is 0.258 e. The van der Waals surface area contributed by atoms with E-state index in [4.69, 9.17) is 0 Å². The summed E-state index contributed by atoms with van der Waals surface area (Å²) in [5, 5.41) is 10.1. The fourth-order valence-corrected chi connectivity index (χ4v) is 0.847. The molecule has 0 radical (unpaired) electrons. The summed E-state index contributed by atoms with van der Waals surface area (Å²) in [6.07, 6.45) is -3.04. The summed E-state index contributed by atoms with van der Waals surface area (Å²) < 4.78 is 36.9. The summed E-state index contributed by atoms with van der Waals surface area (Å²) in [5.41, 5.74) is -1.88. The number of halogens is 3. The lowest BCUT2D eigenvalue weighted by Crippen LogP contribution is -1.97. The van der Waals surface area contributed by atoms with Crippen LogP contribution in [0.1, 0.15) is 12.0 Å². The summed E-state index contributed by atoms with van der Waals surface area (Å²) >= 11 is 0. The number of nitrogens with zero attached hydrogens (tertiary/aromatic N) is 1. The van der Waals surface area contributed by atoms with Crippen molar-refractivity contribution in [2.75, 3.05) is 0 Å². The highest BCUT2D eigenvalue weighted by atomic mass is 19.3. The first kappa shape index (κ1) is 9.50. The van der Waals surface area contributed by atoms with E-state index < -0.39 is 28.4 Å². The third kappa shape index (κ3) is 1.77. The normalized spacial score (nSPS) is 10.5. The lowest BCUT2D eigenvalue weighted by atomic mass is 10.2. The summed E-state index contributed by atoms with van der Waals surface area (Å²) in [4.78, 5) is 9.08. The van der Waals surface area contributed by atoms with Gasteiger partial charge in [0.25, 0.3) is 6.43 Å². The van der Waals surface area contributed by atoms with E-state index >= 15 is 0 Å². The molecule has 0 saturated heterocycles. The molecule has 0 aliphatic heterocycles. The molecule has 13 heavy (non-hydrogen) atoms. The first-order valence-corrected chi connectivity index (χ1v) is 3.25. The van der Waals surface area contributed by atoms with E-state index in [-0.39, 0.29) is 0 Å². The molecule has 0 unspecified atom stereocenters. The van der Waals surface area contributed by atoms with Crippen LogP contribution in [-0.2, 0) is 0 Å². The molecule has 0 spiro atoms. The first-order valence-electron chi connectivity index (χ1n) is 3.25. The maximum absolute atomic E-state index is 12.9. The number of benzene rings is 1. The van der Waals surface area contributed by atoms with Gasteiger partial charge in [-0.15, -0.1) is 0 Å². The van der Waals surface area contributed by atoms with Crippen molar-refractivity contribution in [2.45, 2.75) is 6.43 Å². The third-order valence-corrected chi connectivity index (χ3v) is 1.44. The number of rotatable bonds is 2. The minimum atomic E-state index is -3.04. The van der Waals surface area contributed by atoms with E-state index in [9.17, 15) is 23.3 Å². The highest BCUT2D eigenvalue weighted by Crippen LogP contribution is 2.27. The van der Waals surface area contributed by atoms with Crippen LogP contribution >= 0.6 is 0 Å². The average Bonchev–Trinajstić information content (AvgIpc) is 2.03. The summed E-state index contributed by atoms with van der Waals surface area (Å²) in [5.74, 6) is -1.47. The number of hydrogen-bond donors (Lipinski definition) is 0. The molecule has 0 aromatic heterocycles. The van der Waals surface area contributed by atoms with Crippen LogP contribution in [0.15, 0.2) is 18.2 Å². The zero-order valence-corrected chi connectivity index (χ0v) is 6.21. The van der Waals surface area contributed by atoms with E-state index in [1.165, 1.54) is 0 Å². The van der Waals surface area contributed by atoms with E-state index in [2.05, 4.69) is 0 Å². The Morgan fingerprint density at radius 3 is 2.46 bits per heavy atom. The minimum absolute atomic E-state index is 0.812. The fourth-order valence-electron chi connectivity index (χ4n) is 0.847. The number of nitro benzene ring substituents is 1. The molecular formula is C7H4F3NO2. The Morgan fingerprint density at radius 1 is 1.38 bits per heavy atom. The second kappa shape index (κ2) is 3.42. The Labute approximate surface area is 70.9 Å². The van der Waals surface area contributed by atoms with Crippen molar-refractivity contribution in [1.82, 2.24) is 0 Å². The maximum Gasteiger partial charge on any atom is 0.305 e. The lowest BCUT2D eigenvalue weighted by molar-refractivity contribution is -0.387. The molecule has 0 fully saturated rings. The molecule has 1 aromatic carbocycles. The predicted molar refractivity (Wildman–Crippen MR) is 38.0 cm³/mol. The van der Waals surface area contributed by atoms with Gasteiger partial charge in [-0.1, -0.05) is 6.07 Å². The van der Waals surface area contributed by atoms with Crippen LogP contribution in [0.2, 0.25) is 0 Å². The molecule has 0 heterocycles. The molecular weight excluding hydrogens is 187 g/mol. The fraction of sp³-hybridized carbons (Fsp3) is 0.143. The van der Waals surface area contributed by atoms with Crippen molar-refractivity contribution >= 4 is 5.69 Å². The Bertz CT molecular complexity index is 341. The number of alkyl halides is 2. The van der Waals surface area contributed by atoms with E-state index in [1.807, 2.05) is 0 Å². The van der Waals surface area contributed by atoms with E-state index in [0.717, 1.165) is 18.2 Å². The Morgan fingerprint density at radius 2 is 2.00 bits per heavy atom. The van der Waals surface area contributed by atoms with Crippen LogP contribution < -0.4 is 0 Å². The number of nitro groups is 1. The zero-order valence-electron chi connectivity index (χ0n) is 6.21. The van der Waals surface area contributed by atoms with Crippen LogP contribution in [0.25, 0.3) is 0 Å². The van der Waals surface area contributed by atoms with Gasteiger partial charge in [-0.2, -0.15) is 4.39 Å². The largest absolute Gasteiger partial charge is 0.305 e. The molecule has 0 aliphatic rings. The van der Waals surface area contributed by atoms with Crippen molar-refractivity contribution in [2.24, 2.45) is 0 Å². The van der Waals surface area contributed by atoms with Gasteiger partial charge in [0, 0.05) is 6.07 Å². The Kier molecular flexibility index (Phi) is 2.50. The predicted octanol–water partition coefficient (Wildman–Crippen LogP) is 2.67. The van der Waals surface area contributed by atoms with Gasteiger partial charge in [-0.25, -0.2) is 8.78 Å². The van der Waals surface area contributed by atoms with Crippen molar-refractivity contribution in [3.8, 4) is 0 Å². The first-order chi connectivity index (χ1) is 6.04. The highest BCUT2D eigenvalue weighted by molar-refractivity contribution is 5.37. The standard InChI is InChI=1S/C7H4F3NO2/c8-6-4(7(9)10)2-1-3-5(6)11(12)13/h1-3,7H. The third-order valence-electron chi connectivity index (χ3n) is 1.44. The molecule has 6 heteroatoms.